The van der Waals surface area contributed by atoms with E-state index in [0.717, 1.165) is 0 Å². The Hall–Kier alpha value is -1.14. The van der Waals surface area contributed by atoms with E-state index in [0.29, 0.717) is 11.4 Å². The molecule has 0 saturated carbocycles. The van der Waals surface area contributed by atoms with Gasteiger partial charge < -0.3 is 9.84 Å². The van der Waals surface area contributed by atoms with Gasteiger partial charge in [-0.2, -0.15) is 0 Å². The van der Waals surface area contributed by atoms with Crippen molar-refractivity contribution in [3.05, 3.63) is 24.0 Å². The topological polar surface area (TPSA) is 76.5 Å². The molecule has 1 aliphatic rings. The molecule has 2 unspecified atom stereocenters. The Kier molecular flexibility index (Phi) is 2.86. The molecule has 88 valence electrons. The van der Waals surface area contributed by atoms with Gasteiger partial charge in [-0.3, -0.25) is 4.98 Å². The normalized spacial score (nSPS) is 27.9. The highest BCUT2D eigenvalue weighted by atomic mass is 32.2. The van der Waals surface area contributed by atoms with E-state index >= 15 is 0 Å². The highest BCUT2D eigenvalue weighted by Crippen LogP contribution is 2.21. The first-order chi connectivity index (χ1) is 7.48. The van der Waals surface area contributed by atoms with Gasteiger partial charge in [0.1, 0.15) is 18.0 Å². The minimum atomic E-state index is -3.17. The van der Waals surface area contributed by atoms with Gasteiger partial charge in [0.2, 0.25) is 0 Å². The van der Waals surface area contributed by atoms with E-state index in [1.807, 2.05) is 0 Å². The second-order valence-corrected chi connectivity index (χ2v) is 6.04. The predicted octanol–water partition coefficient (Wildman–Crippen LogP) is -0.0733. The lowest BCUT2D eigenvalue weighted by atomic mass is 10.2. The highest BCUT2D eigenvalue weighted by molar-refractivity contribution is 7.91. The summed E-state index contributed by atoms with van der Waals surface area (Å²) in [5, 5.41) is 9.55. The summed E-state index contributed by atoms with van der Waals surface area (Å²) >= 11 is 0. The second-order valence-electron chi connectivity index (χ2n) is 3.89. The quantitative estimate of drug-likeness (QED) is 0.786. The predicted molar refractivity (Wildman–Crippen MR) is 58.1 cm³/mol. The summed E-state index contributed by atoms with van der Waals surface area (Å²) in [6, 6.07) is 3.41. The van der Waals surface area contributed by atoms with Gasteiger partial charge in [-0.25, -0.2) is 8.42 Å². The Morgan fingerprint density at radius 3 is 2.81 bits per heavy atom. The Morgan fingerprint density at radius 1 is 1.50 bits per heavy atom. The molecule has 1 aromatic rings. The van der Waals surface area contributed by atoms with Crippen LogP contribution < -0.4 is 4.74 Å². The standard InChI is InChI=1S/C10H13NO4S/c1-7-9(3-2-4-11-7)15-10-6-16(13,14)5-8(10)12/h2-4,8,10,12H,5-6H2,1H3. The van der Waals surface area contributed by atoms with Crippen molar-refractivity contribution in [2.75, 3.05) is 11.5 Å². The van der Waals surface area contributed by atoms with Crippen molar-refractivity contribution in [1.82, 2.24) is 4.98 Å². The summed E-state index contributed by atoms with van der Waals surface area (Å²) < 4.78 is 28.0. The van der Waals surface area contributed by atoms with Gasteiger partial charge in [0.05, 0.1) is 17.2 Å². The van der Waals surface area contributed by atoms with Crippen LogP contribution in [0.25, 0.3) is 0 Å². The zero-order chi connectivity index (χ0) is 11.8. The number of pyridine rings is 1. The van der Waals surface area contributed by atoms with E-state index in [2.05, 4.69) is 4.98 Å². The first-order valence-corrected chi connectivity index (χ1v) is 6.77. The fourth-order valence-corrected chi connectivity index (χ4v) is 3.33. The molecular weight excluding hydrogens is 230 g/mol. The zero-order valence-electron chi connectivity index (χ0n) is 8.83. The number of ether oxygens (including phenoxy) is 1. The van der Waals surface area contributed by atoms with Crippen LogP contribution in [0.5, 0.6) is 5.75 Å². The Bertz CT molecular complexity index is 485. The molecular formula is C10H13NO4S. The first-order valence-electron chi connectivity index (χ1n) is 4.95. The Balaban J connectivity index is 2.15. The molecule has 0 radical (unpaired) electrons. The summed E-state index contributed by atoms with van der Waals surface area (Å²) in [7, 11) is -3.17. The Labute approximate surface area is 94.0 Å². The van der Waals surface area contributed by atoms with Gasteiger partial charge in [-0.05, 0) is 19.1 Å². The molecule has 1 saturated heterocycles. The van der Waals surface area contributed by atoms with Gasteiger partial charge in [-0.15, -0.1) is 0 Å². The molecule has 1 fully saturated rings. The Morgan fingerprint density at radius 2 is 2.25 bits per heavy atom. The van der Waals surface area contributed by atoms with Gasteiger partial charge in [-0.1, -0.05) is 0 Å². The molecule has 2 heterocycles. The van der Waals surface area contributed by atoms with Gasteiger partial charge in [0.25, 0.3) is 0 Å². The average molecular weight is 243 g/mol. The SMILES string of the molecule is Cc1ncccc1OC1CS(=O)(=O)CC1O. The summed E-state index contributed by atoms with van der Waals surface area (Å²) in [6.07, 6.45) is -0.0122. The molecule has 6 heteroatoms. The molecule has 0 spiro atoms. The third-order valence-electron chi connectivity index (χ3n) is 2.51. The fourth-order valence-electron chi connectivity index (χ4n) is 1.67. The van der Waals surface area contributed by atoms with E-state index in [4.69, 9.17) is 4.74 Å². The van der Waals surface area contributed by atoms with E-state index < -0.39 is 22.0 Å². The van der Waals surface area contributed by atoms with Gasteiger partial charge in [0, 0.05) is 6.20 Å². The number of aryl methyl sites for hydroxylation is 1. The van der Waals surface area contributed by atoms with Crippen LogP contribution in [0.1, 0.15) is 5.69 Å². The molecule has 0 aliphatic carbocycles. The smallest absolute Gasteiger partial charge is 0.156 e. The number of rotatable bonds is 2. The lowest BCUT2D eigenvalue weighted by molar-refractivity contribution is 0.0730. The average Bonchev–Trinajstić information content (AvgIpc) is 2.44. The van der Waals surface area contributed by atoms with Crippen LogP contribution in [-0.4, -0.2) is 42.2 Å². The van der Waals surface area contributed by atoms with Crippen LogP contribution in [-0.2, 0) is 9.84 Å². The molecule has 5 nitrogen and oxygen atoms in total. The van der Waals surface area contributed by atoms with E-state index in [1.165, 1.54) is 0 Å². The molecule has 1 N–H and O–H groups in total. The van der Waals surface area contributed by atoms with Crippen molar-refractivity contribution in [2.24, 2.45) is 0 Å². The van der Waals surface area contributed by atoms with Gasteiger partial charge >= 0.3 is 0 Å². The number of nitrogens with zero attached hydrogens (tertiary/aromatic N) is 1. The van der Waals surface area contributed by atoms with Crippen LogP contribution in [0.3, 0.4) is 0 Å². The lowest BCUT2D eigenvalue weighted by Gasteiger charge is -2.16. The van der Waals surface area contributed by atoms with Crippen LogP contribution in [0, 0.1) is 6.92 Å². The van der Waals surface area contributed by atoms with Crippen LogP contribution in [0.15, 0.2) is 18.3 Å². The summed E-state index contributed by atoms with van der Waals surface area (Å²) in [4.78, 5) is 4.03. The maximum absolute atomic E-state index is 11.3. The monoisotopic (exact) mass is 243 g/mol. The van der Waals surface area contributed by atoms with Crippen molar-refractivity contribution < 1.29 is 18.3 Å². The zero-order valence-corrected chi connectivity index (χ0v) is 9.64. The molecule has 16 heavy (non-hydrogen) atoms. The van der Waals surface area contributed by atoms with E-state index in [9.17, 15) is 13.5 Å². The second kappa shape index (κ2) is 4.03. The van der Waals surface area contributed by atoms with Crippen molar-refractivity contribution in [3.8, 4) is 5.75 Å². The third-order valence-corrected chi connectivity index (χ3v) is 4.19. The molecule has 2 atom stereocenters. The van der Waals surface area contributed by atoms with Crippen molar-refractivity contribution in [1.29, 1.82) is 0 Å². The number of hydrogen-bond acceptors (Lipinski definition) is 5. The molecule has 0 aromatic carbocycles. The maximum Gasteiger partial charge on any atom is 0.156 e. The van der Waals surface area contributed by atoms with Crippen molar-refractivity contribution in [2.45, 2.75) is 19.1 Å². The van der Waals surface area contributed by atoms with Crippen LogP contribution in [0.2, 0.25) is 0 Å². The molecule has 2 rings (SSSR count). The number of sulfone groups is 1. The summed E-state index contributed by atoms with van der Waals surface area (Å²) in [5.74, 6) is 0.156. The first kappa shape index (κ1) is 11.3. The fraction of sp³-hybridized carbons (Fsp3) is 0.500. The van der Waals surface area contributed by atoms with Crippen LogP contribution in [0.4, 0.5) is 0 Å². The van der Waals surface area contributed by atoms with Gasteiger partial charge in [0.15, 0.2) is 9.84 Å². The highest BCUT2D eigenvalue weighted by Gasteiger charge is 2.38. The van der Waals surface area contributed by atoms with E-state index in [-0.39, 0.29) is 11.5 Å². The number of aromatic nitrogens is 1. The summed E-state index contributed by atoms with van der Waals surface area (Å²) in [6.45, 7) is 1.77. The number of hydrogen-bond donors (Lipinski definition) is 1. The largest absolute Gasteiger partial charge is 0.485 e. The minimum Gasteiger partial charge on any atom is -0.485 e. The lowest BCUT2D eigenvalue weighted by Crippen LogP contribution is -2.30. The number of aliphatic hydroxyl groups is 1. The third kappa shape index (κ3) is 2.33. The molecule has 0 bridgehead atoms. The maximum atomic E-state index is 11.3. The van der Waals surface area contributed by atoms with E-state index in [1.54, 1.807) is 25.3 Å². The molecule has 1 aromatic heterocycles. The summed E-state index contributed by atoms with van der Waals surface area (Å²) in [5.41, 5.74) is 0.680. The van der Waals surface area contributed by atoms with Crippen molar-refractivity contribution in [3.63, 3.8) is 0 Å². The van der Waals surface area contributed by atoms with Crippen LogP contribution >= 0.6 is 0 Å². The molecule has 0 amide bonds. The number of aliphatic hydroxyl groups excluding tert-OH is 1. The molecule has 1 aliphatic heterocycles. The minimum absolute atomic E-state index is 0.136. The van der Waals surface area contributed by atoms with Crippen molar-refractivity contribution >= 4 is 9.84 Å².